The number of aryl methyl sites for hydroxylation is 1. The first-order valence-corrected chi connectivity index (χ1v) is 7.74. The molecule has 0 spiro atoms. The molecule has 5 nitrogen and oxygen atoms in total. The van der Waals surface area contributed by atoms with E-state index in [9.17, 15) is 14.0 Å². The lowest BCUT2D eigenvalue weighted by Crippen LogP contribution is -2.39. The van der Waals surface area contributed by atoms with E-state index in [1.165, 1.54) is 12.1 Å². The number of halogens is 1. The largest absolute Gasteiger partial charge is 0.481 e. The van der Waals surface area contributed by atoms with E-state index in [4.69, 9.17) is 5.11 Å². The number of rotatable bonds is 3. The van der Waals surface area contributed by atoms with E-state index >= 15 is 0 Å². The Morgan fingerprint density at radius 1 is 1.30 bits per heavy atom. The zero-order valence-corrected chi connectivity index (χ0v) is 12.9. The second-order valence-corrected chi connectivity index (χ2v) is 6.20. The van der Waals surface area contributed by atoms with E-state index in [0.29, 0.717) is 37.1 Å². The summed E-state index contributed by atoms with van der Waals surface area (Å²) >= 11 is 0. The molecule has 2 heterocycles. The fourth-order valence-electron chi connectivity index (χ4n) is 3.25. The Morgan fingerprint density at radius 3 is 2.65 bits per heavy atom. The van der Waals surface area contributed by atoms with E-state index in [1.54, 1.807) is 11.0 Å². The first kappa shape index (κ1) is 15.5. The van der Waals surface area contributed by atoms with Gasteiger partial charge in [0.15, 0.2) is 0 Å². The Kier molecular flexibility index (Phi) is 4.07. The van der Waals surface area contributed by atoms with Crippen molar-refractivity contribution in [3.05, 3.63) is 35.3 Å². The average molecular weight is 318 g/mol. The van der Waals surface area contributed by atoms with Crippen molar-refractivity contribution in [3.8, 4) is 0 Å². The lowest BCUT2D eigenvalue weighted by molar-refractivity contribution is -0.138. The minimum absolute atomic E-state index is 0.116. The fourth-order valence-corrected chi connectivity index (χ4v) is 3.25. The van der Waals surface area contributed by atoms with Crippen LogP contribution in [0.3, 0.4) is 0 Å². The van der Waals surface area contributed by atoms with Crippen LogP contribution in [-0.2, 0) is 4.79 Å². The molecule has 1 amide bonds. The Balaban J connectivity index is 1.74. The summed E-state index contributed by atoms with van der Waals surface area (Å²) in [6.07, 6.45) is 1.56. The summed E-state index contributed by atoms with van der Waals surface area (Å²) in [7, 11) is 0. The van der Waals surface area contributed by atoms with Crippen molar-refractivity contribution in [1.82, 2.24) is 9.88 Å². The summed E-state index contributed by atoms with van der Waals surface area (Å²) in [5.74, 6) is -1.10. The number of piperidine rings is 1. The van der Waals surface area contributed by atoms with Crippen LogP contribution in [0.5, 0.6) is 0 Å². The number of aliphatic carboxylic acids is 1. The summed E-state index contributed by atoms with van der Waals surface area (Å²) in [5.41, 5.74) is 1.85. The summed E-state index contributed by atoms with van der Waals surface area (Å²) in [6, 6.07) is 4.59. The first-order valence-electron chi connectivity index (χ1n) is 7.74. The van der Waals surface area contributed by atoms with Crippen LogP contribution in [0.25, 0.3) is 10.9 Å². The number of aromatic amines is 1. The van der Waals surface area contributed by atoms with Gasteiger partial charge in [-0.15, -0.1) is 0 Å². The van der Waals surface area contributed by atoms with Gasteiger partial charge in [-0.25, -0.2) is 4.39 Å². The molecule has 1 aromatic heterocycles. The van der Waals surface area contributed by atoms with E-state index in [1.807, 2.05) is 6.92 Å². The van der Waals surface area contributed by atoms with Gasteiger partial charge in [0.25, 0.3) is 5.91 Å². The molecule has 23 heavy (non-hydrogen) atoms. The SMILES string of the molecule is Cc1cc(F)cc2[nH]c(C(=O)N3CCC(CC(=O)O)CC3)cc12. The number of amides is 1. The highest BCUT2D eigenvalue weighted by molar-refractivity contribution is 5.98. The molecule has 0 aliphatic carbocycles. The number of hydrogen-bond acceptors (Lipinski definition) is 2. The van der Waals surface area contributed by atoms with Crippen molar-refractivity contribution in [2.75, 3.05) is 13.1 Å². The van der Waals surface area contributed by atoms with Gasteiger partial charge in [-0.3, -0.25) is 9.59 Å². The maximum absolute atomic E-state index is 13.4. The minimum atomic E-state index is -0.789. The highest BCUT2D eigenvalue weighted by Gasteiger charge is 2.26. The number of nitrogens with one attached hydrogen (secondary N) is 1. The number of fused-ring (bicyclic) bond motifs is 1. The van der Waals surface area contributed by atoms with Crippen molar-refractivity contribution < 1.29 is 19.1 Å². The summed E-state index contributed by atoms with van der Waals surface area (Å²) < 4.78 is 13.4. The molecule has 1 saturated heterocycles. The molecule has 0 saturated carbocycles. The Morgan fingerprint density at radius 2 is 2.00 bits per heavy atom. The highest BCUT2D eigenvalue weighted by atomic mass is 19.1. The van der Waals surface area contributed by atoms with Crippen molar-refractivity contribution in [2.24, 2.45) is 5.92 Å². The van der Waals surface area contributed by atoms with E-state index in [2.05, 4.69) is 4.98 Å². The summed E-state index contributed by atoms with van der Waals surface area (Å²) in [4.78, 5) is 28.0. The van der Waals surface area contributed by atoms with Gasteiger partial charge in [-0.2, -0.15) is 0 Å². The van der Waals surface area contributed by atoms with Crippen LogP contribution in [0.4, 0.5) is 4.39 Å². The summed E-state index contributed by atoms with van der Waals surface area (Å²) in [5, 5.41) is 9.67. The number of H-pyrrole nitrogens is 1. The van der Waals surface area contributed by atoms with E-state index in [0.717, 1.165) is 10.9 Å². The third-order valence-electron chi connectivity index (χ3n) is 4.51. The van der Waals surface area contributed by atoms with Gasteiger partial charge < -0.3 is 15.0 Å². The number of carboxylic acid groups (broad SMARTS) is 1. The zero-order chi connectivity index (χ0) is 16.6. The molecule has 122 valence electrons. The Hall–Kier alpha value is -2.37. The van der Waals surface area contributed by atoms with Crippen LogP contribution < -0.4 is 0 Å². The molecule has 2 aromatic rings. The smallest absolute Gasteiger partial charge is 0.303 e. The van der Waals surface area contributed by atoms with Gasteiger partial charge in [0.05, 0.1) is 0 Å². The lowest BCUT2D eigenvalue weighted by Gasteiger charge is -2.31. The molecule has 0 bridgehead atoms. The van der Waals surface area contributed by atoms with Gasteiger partial charge >= 0.3 is 5.97 Å². The van der Waals surface area contributed by atoms with Crippen LogP contribution >= 0.6 is 0 Å². The second-order valence-electron chi connectivity index (χ2n) is 6.20. The van der Waals surface area contributed by atoms with Crippen LogP contribution in [-0.4, -0.2) is 40.0 Å². The topological polar surface area (TPSA) is 73.4 Å². The highest BCUT2D eigenvalue weighted by Crippen LogP contribution is 2.25. The van der Waals surface area contributed by atoms with E-state index in [-0.39, 0.29) is 24.1 Å². The molecule has 0 unspecified atom stereocenters. The van der Waals surface area contributed by atoms with Crippen LogP contribution in [0.1, 0.15) is 35.3 Å². The number of likely N-dealkylation sites (tertiary alicyclic amines) is 1. The molecule has 0 atom stereocenters. The third kappa shape index (κ3) is 3.21. The Bertz CT molecular complexity index is 761. The molecule has 6 heteroatoms. The second kappa shape index (κ2) is 6.02. The van der Waals surface area contributed by atoms with Crippen LogP contribution in [0, 0.1) is 18.7 Å². The van der Waals surface area contributed by atoms with Crippen molar-refractivity contribution in [2.45, 2.75) is 26.2 Å². The third-order valence-corrected chi connectivity index (χ3v) is 4.51. The molecule has 0 radical (unpaired) electrons. The maximum atomic E-state index is 13.4. The number of carboxylic acids is 1. The molecule has 1 aromatic carbocycles. The number of carbonyl (C=O) groups excluding carboxylic acids is 1. The van der Waals surface area contributed by atoms with Gasteiger partial charge in [0.1, 0.15) is 11.5 Å². The molecular weight excluding hydrogens is 299 g/mol. The number of nitrogens with zero attached hydrogens (tertiary/aromatic N) is 1. The van der Waals surface area contributed by atoms with Crippen molar-refractivity contribution in [3.63, 3.8) is 0 Å². The summed E-state index contributed by atoms with van der Waals surface area (Å²) in [6.45, 7) is 2.92. The van der Waals surface area contributed by atoms with Gasteiger partial charge in [-0.05, 0) is 49.4 Å². The van der Waals surface area contributed by atoms with E-state index < -0.39 is 5.97 Å². The molecule has 1 aliphatic heterocycles. The maximum Gasteiger partial charge on any atom is 0.303 e. The molecule has 1 aliphatic rings. The predicted octanol–water partition coefficient (Wildman–Crippen LogP) is 2.94. The van der Waals surface area contributed by atoms with Crippen molar-refractivity contribution in [1.29, 1.82) is 0 Å². The fraction of sp³-hybridized carbons (Fsp3) is 0.412. The first-order chi connectivity index (χ1) is 10.9. The number of benzene rings is 1. The van der Waals surface area contributed by atoms with Crippen molar-refractivity contribution >= 4 is 22.8 Å². The molecule has 3 rings (SSSR count). The minimum Gasteiger partial charge on any atom is -0.481 e. The van der Waals surface area contributed by atoms with Gasteiger partial charge in [0, 0.05) is 30.4 Å². The van der Waals surface area contributed by atoms with Gasteiger partial charge in [-0.1, -0.05) is 0 Å². The number of aromatic nitrogens is 1. The number of hydrogen-bond donors (Lipinski definition) is 2. The molecule has 1 fully saturated rings. The zero-order valence-electron chi connectivity index (χ0n) is 12.9. The molecular formula is C17H19FN2O3. The monoisotopic (exact) mass is 318 g/mol. The predicted molar refractivity (Wildman–Crippen MR) is 83.9 cm³/mol. The van der Waals surface area contributed by atoms with Crippen LogP contribution in [0.2, 0.25) is 0 Å². The standard InChI is InChI=1S/C17H19FN2O3/c1-10-6-12(18)8-14-13(10)9-15(19-14)17(23)20-4-2-11(3-5-20)7-16(21)22/h6,8-9,11,19H,2-5,7H2,1H3,(H,21,22). The van der Waals surface area contributed by atoms with Gasteiger partial charge in [0.2, 0.25) is 0 Å². The normalized spacial score (nSPS) is 16.0. The average Bonchev–Trinajstić information content (AvgIpc) is 2.91. The molecule has 2 N–H and O–H groups in total. The number of carbonyl (C=O) groups is 2. The quantitative estimate of drug-likeness (QED) is 0.914. The van der Waals surface area contributed by atoms with Crippen LogP contribution in [0.15, 0.2) is 18.2 Å². The lowest BCUT2D eigenvalue weighted by atomic mass is 9.93. The Labute approximate surface area is 133 Å².